The van der Waals surface area contributed by atoms with Gasteiger partial charge in [0.25, 0.3) is 0 Å². The highest BCUT2D eigenvalue weighted by Crippen LogP contribution is 2.26. The molecule has 0 atom stereocenters. The number of ether oxygens (including phenoxy) is 1. The number of pyridine rings is 1. The second-order valence-electron chi connectivity index (χ2n) is 5.16. The molecule has 5 nitrogen and oxygen atoms in total. The quantitative estimate of drug-likeness (QED) is 0.515. The van der Waals surface area contributed by atoms with Crippen molar-refractivity contribution in [2.75, 3.05) is 6.61 Å². The predicted octanol–water partition coefficient (Wildman–Crippen LogP) is 3.69. The molecule has 2 aromatic heterocycles. The van der Waals surface area contributed by atoms with E-state index in [2.05, 4.69) is 9.97 Å². The van der Waals surface area contributed by atoms with Crippen LogP contribution in [-0.4, -0.2) is 28.3 Å². The largest absolute Gasteiger partial charge is 0.453 e. The molecule has 25 heavy (non-hydrogen) atoms. The van der Waals surface area contributed by atoms with Crippen molar-refractivity contribution in [3.05, 3.63) is 70.6 Å². The molecule has 0 aliphatic rings. The van der Waals surface area contributed by atoms with Crippen molar-refractivity contribution < 1.29 is 18.7 Å². The lowest BCUT2D eigenvalue weighted by atomic mass is 10.1. The number of nitrogens with zero attached hydrogens (tertiary/aromatic N) is 2. The molecule has 0 saturated heterocycles. The molecule has 1 aromatic carbocycles. The Balaban J connectivity index is 1.70. The number of Topliss-reactive ketones (excluding diaryl/α,β-unsaturated/α-hetero) is 1. The Hall–Kier alpha value is -2.93. The number of esters is 1. The van der Waals surface area contributed by atoms with Gasteiger partial charge in [-0.15, -0.1) is 11.3 Å². The third kappa shape index (κ3) is 3.95. The van der Waals surface area contributed by atoms with Crippen molar-refractivity contribution in [2.24, 2.45) is 0 Å². The first-order valence-corrected chi connectivity index (χ1v) is 8.21. The first kappa shape index (κ1) is 16.9. The molecule has 0 amide bonds. The molecule has 0 aliphatic carbocycles. The van der Waals surface area contributed by atoms with Gasteiger partial charge in [-0.05, 0) is 31.2 Å². The summed E-state index contributed by atoms with van der Waals surface area (Å²) in [5, 5.41) is 0.599. The van der Waals surface area contributed by atoms with Crippen molar-refractivity contribution in [1.82, 2.24) is 9.97 Å². The minimum Gasteiger partial charge on any atom is -0.453 e. The summed E-state index contributed by atoms with van der Waals surface area (Å²) in [5.74, 6) is -1.63. The SMILES string of the molecule is Cc1nc(-c2ccccn2)sc1C(=O)OCC(=O)c1cccc(F)c1. The van der Waals surface area contributed by atoms with Crippen molar-refractivity contribution in [1.29, 1.82) is 0 Å². The zero-order chi connectivity index (χ0) is 17.8. The Kier molecular flexibility index (Phi) is 4.95. The number of carbonyl (C=O) groups is 2. The van der Waals surface area contributed by atoms with Crippen LogP contribution >= 0.6 is 11.3 Å². The van der Waals surface area contributed by atoms with Gasteiger partial charge in [0.15, 0.2) is 12.4 Å². The Morgan fingerprint density at radius 1 is 1.20 bits per heavy atom. The summed E-state index contributed by atoms with van der Waals surface area (Å²) in [5.41, 5.74) is 1.32. The van der Waals surface area contributed by atoms with Gasteiger partial charge in [0.1, 0.15) is 15.7 Å². The normalized spacial score (nSPS) is 10.5. The van der Waals surface area contributed by atoms with Gasteiger partial charge in [0, 0.05) is 11.8 Å². The van der Waals surface area contributed by atoms with Gasteiger partial charge < -0.3 is 4.74 Å². The molecule has 0 aliphatic heterocycles. The van der Waals surface area contributed by atoms with Crippen LogP contribution in [0.3, 0.4) is 0 Å². The maximum atomic E-state index is 13.1. The molecule has 0 fully saturated rings. The fraction of sp³-hybridized carbons (Fsp3) is 0.111. The van der Waals surface area contributed by atoms with Crippen LogP contribution in [0.25, 0.3) is 10.7 Å². The minimum atomic E-state index is -0.637. The summed E-state index contributed by atoms with van der Waals surface area (Å²) in [4.78, 5) is 33.0. The van der Waals surface area contributed by atoms with Crippen LogP contribution in [0.1, 0.15) is 25.7 Å². The topological polar surface area (TPSA) is 69.2 Å². The van der Waals surface area contributed by atoms with E-state index < -0.39 is 24.2 Å². The zero-order valence-electron chi connectivity index (χ0n) is 13.2. The third-order valence-corrected chi connectivity index (χ3v) is 4.51. The summed E-state index contributed by atoms with van der Waals surface area (Å²) in [6.07, 6.45) is 1.64. The smallest absolute Gasteiger partial charge is 0.350 e. The molecule has 0 bridgehead atoms. The van der Waals surface area contributed by atoms with Gasteiger partial charge in [-0.25, -0.2) is 14.2 Å². The van der Waals surface area contributed by atoms with E-state index >= 15 is 0 Å². The molecule has 0 N–H and O–H groups in total. The van der Waals surface area contributed by atoms with Gasteiger partial charge in [0.05, 0.1) is 11.4 Å². The highest BCUT2D eigenvalue weighted by Gasteiger charge is 2.19. The molecule has 0 spiro atoms. The van der Waals surface area contributed by atoms with E-state index in [0.717, 1.165) is 17.4 Å². The van der Waals surface area contributed by atoms with E-state index in [1.54, 1.807) is 25.3 Å². The van der Waals surface area contributed by atoms with E-state index in [1.807, 2.05) is 6.07 Å². The van der Waals surface area contributed by atoms with Gasteiger partial charge in [0.2, 0.25) is 0 Å². The van der Waals surface area contributed by atoms with Crippen LogP contribution in [0.2, 0.25) is 0 Å². The Bertz CT molecular complexity index is 925. The summed E-state index contributed by atoms with van der Waals surface area (Å²) < 4.78 is 18.2. The molecule has 0 radical (unpaired) electrons. The monoisotopic (exact) mass is 356 g/mol. The molecule has 2 heterocycles. The van der Waals surface area contributed by atoms with Crippen molar-refractivity contribution in [3.63, 3.8) is 0 Å². The van der Waals surface area contributed by atoms with Crippen LogP contribution in [0.5, 0.6) is 0 Å². The van der Waals surface area contributed by atoms with Gasteiger partial charge in [-0.3, -0.25) is 9.78 Å². The van der Waals surface area contributed by atoms with Crippen molar-refractivity contribution in [3.8, 4) is 10.7 Å². The number of ketones is 1. The standard InChI is InChI=1S/C18H13FN2O3S/c1-11-16(25-17(21-11)14-7-2-3-8-20-14)18(23)24-10-15(22)12-5-4-6-13(19)9-12/h2-9H,10H2,1H3. The molecule has 3 rings (SSSR count). The summed E-state index contributed by atoms with van der Waals surface area (Å²) in [6.45, 7) is 1.23. The Morgan fingerprint density at radius 3 is 2.76 bits per heavy atom. The average molecular weight is 356 g/mol. The van der Waals surface area contributed by atoms with Crippen LogP contribution in [-0.2, 0) is 4.74 Å². The summed E-state index contributed by atoms with van der Waals surface area (Å²) in [7, 11) is 0. The lowest BCUT2D eigenvalue weighted by Gasteiger charge is -2.03. The Morgan fingerprint density at radius 2 is 2.04 bits per heavy atom. The van der Waals surface area contributed by atoms with Gasteiger partial charge >= 0.3 is 5.97 Å². The van der Waals surface area contributed by atoms with Gasteiger partial charge in [-0.2, -0.15) is 0 Å². The van der Waals surface area contributed by atoms with E-state index in [1.165, 1.54) is 18.2 Å². The molecule has 126 valence electrons. The number of thiazole rings is 1. The molecular formula is C18H13FN2O3S. The predicted molar refractivity (Wildman–Crippen MR) is 91.1 cm³/mol. The average Bonchev–Trinajstić information content (AvgIpc) is 3.02. The van der Waals surface area contributed by atoms with E-state index in [9.17, 15) is 14.0 Å². The number of hydrogen-bond donors (Lipinski definition) is 0. The molecule has 3 aromatic rings. The second kappa shape index (κ2) is 7.31. The van der Waals surface area contributed by atoms with Crippen LogP contribution in [0, 0.1) is 12.7 Å². The lowest BCUT2D eigenvalue weighted by molar-refractivity contribution is 0.0478. The van der Waals surface area contributed by atoms with E-state index in [4.69, 9.17) is 4.74 Å². The molecular weight excluding hydrogens is 343 g/mol. The van der Waals surface area contributed by atoms with E-state index in [0.29, 0.717) is 21.3 Å². The summed E-state index contributed by atoms with van der Waals surface area (Å²) >= 11 is 1.15. The zero-order valence-corrected chi connectivity index (χ0v) is 14.0. The lowest BCUT2D eigenvalue weighted by Crippen LogP contribution is -2.14. The maximum absolute atomic E-state index is 13.1. The van der Waals surface area contributed by atoms with Crippen LogP contribution in [0.4, 0.5) is 4.39 Å². The summed E-state index contributed by atoms with van der Waals surface area (Å²) in [6, 6.07) is 10.6. The number of halogens is 1. The van der Waals surface area contributed by atoms with Gasteiger partial charge in [-0.1, -0.05) is 18.2 Å². The van der Waals surface area contributed by atoms with Crippen LogP contribution in [0.15, 0.2) is 48.7 Å². The first-order valence-electron chi connectivity index (χ1n) is 7.39. The highest BCUT2D eigenvalue weighted by molar-refractivity contribution is 7.17. The number of aryl methyl sites for hydroxylation is 1. The number of benzene rings is 1. The third-order valence-electron chi connectivity index (χ3n) is 3.35. The van der Waals surface area contributed by atoms with Crippen LogP contribution < -0.4 is 0 Å². The molecule has 7 heteroatoms. The minimum absolute atomic E-state index is 0.156. The maximum Gasteiger partial charge on any atom is 0.350 e. The second-order valence-corrected chi connectivity index (χ2v) is 6.16. The van der Waals surface area contributed by atoms with Crippen molar-refractivity contribution >= 4 is 23.1 Å². The highest BCUT2D eigenvalue weighted by atomic mass is 32.1. The number of carbonyl (C=O) groups excluding carboxylic acids is 2. The molecule has 0 saturated carbocycles. The van der Waals surface area contributed by atoms with Crippen molar-refractivity contribution in [2.45, 2.75) is 6.92 Å². The molecule has 0 unspecified atom stereocenters. The number of rotatable bonds is 5. The fourth-order valence-corrected chi connectivity index (χ4v) is 3.06. The number of aromatic nitrogens is 2. The fourth-order valence-electron chi connectivity index (χ4n) is 2.13. The first-order chi connectivity index (χ1) is 12.0. The number of hydrogen-bond acceptors (Lipinski definition) is 6. The Labute approximate surface area is 147 Å². The van der Waals surface area contributed by atoms with E-state index in [-0.39, 0.29) is 5.56 Å².